The van der Waals surface area contributed by atoms with Crippen LogP contribution in [0.15, 0.2) is 72.8 Å². The number of hydrogen-bond donors (Lipinski definition) is 2. The van der Waals surface area contributed by atoms with Gasteiger partial charge in [0.15, 0.2) is 0 Å². The fourth-order valence-electron chi connectivity index (χ4n) is 3.87. The van der Waals surface area contributed by atoms with Gasteiger partial charge in [-0.1, -0.05) is 48.5 Å². The van der Waals surface area contributed by atoms with Crippen molar-refractivity contribution in [2.45, 2.75) is 32.7 Å². The van der Waals surface area contributed by atoms with E-state index in [1.165, 1.54) is 0 Å². The molecule has 0 aromatic heterocycles. The Kier molecular flexibility index (Phi) is 6.03. The van der Waals surface area contributed by atoms with Crippen molar-refractivity contribution in [3.8, 4) is 0 Å². The molecule has 5 heteroatoms. The second-order valence-electron chi connectivity index (χ2n) is 7.99. The highest BCUT2D eigenvalue weighted by atomic mass is 16.2. The summed E-state index contributed by atoms with van der Waals surface area (Å²) < 4.78 is 0. The Morgan fingerprint density at radius 1 is 0.968 bits per heavy atom. The van der Waals surface area contributed by atoms with Crippen molar-refractivity contribution < 1.29 is 9.59 Å². The first kappa shape index (κ1) is 20.7. The lowest BCUT2D eigenvalue weighted by Crippen LogP contribution is -2.28. The molecule has 0 spiro atoms. The van der Waals surface area contributed by atoms with Crippen LogP contribution in [0, 0.1) is 13.8 Å². The minimum atomic E-state index is -0.578. The zero-order valence-electron chi connectivity index (χ0n) is 17.9. The average molecular weight is 414 g/mol. The largest absolute Gasteiger partial charge is 0.370 e. The lowest BCUT2D eigenvalue weighted by atomic mass is 10.0. The van der Waals surface area contributed by atoms with Crippen molar-refractivity contribution in [3.05, 3.63) is 89.5 Å². The van der Waals surface area contributed by atoms with Crippen LogP contribution in [0.25, 0.3) is 0 Å². The van der Waals surface area contributed by atoms with Crippen molar-refractivity contribution in [1.29, 1.82) is 0 Å². The third-order valence-electron chi connectivity index (χ3n) is 5.59. The lowest BCUT2D eigenvalue weighted by Gasteiger charge is -2.22. The van der Waals surface area contributed by atoms with E-state index >= 15 is 0 Å². The Bertz CT molecular complexity index is 1090. The van der Waals surface area contributed by atoms with Crippen LogP contribution in [-0.2, 0) is 9.59 Å². The Morgan fingerprint density at radius 3 is 2.52 bits per heavy atom. The minimum Gasteiger partial charge on any atom is -0.370 e. The summed E-state index contributed by atoms with van der Waals surface area (Å²) in [5.41, 5.74) is 5.43. The molecule has 0 aliphatic carbocycles. The van der Waals surface area contributed by atoms with Crippen LogP contribution in [0.1, 0.15) is 35.6 Å². The third kappa shape index (κ3) is 4.77. The summed E-state index contributed by atoms with van der Waals surface area (Å²) in [5.74, 6) is 0.00646. The summed E-state index contributed by atoms with van der Waals surface area (Å²) in [6, 6.07) is 22.8. The molecule has 1 fully saturated rings. The van der Waals surface area contributed by atoms with Crippen molar-refractivity contribution >= 4 is 28.9 Å². The van der Waals surface area contributed by atoms with Gasteiger partial charge in [-0.2, -0.15) is 0 Å². The Morgan fingerprint density at radius 2 is 1.77 bits per heavy atom. The number of nitrogens with zero attached hydrogens (tertiary/aromatic N) is 1. The van der Waals surface area contributed by atoms with E-state index in [-0.39, 0.29) is 11.8 Å². The molecule has 0 saturated carbocycles. The van der Waals surface area contributed by atoms with Crippen molar-refractivity contribution in [2.24, 2.45) is 0 Å². The van der Waals surface area contributed by atoms with Gasteiger partial charge in [-0.15, -0.1) is 0 Å². The number of hydrogen-bond acceptors (Lipinski definition) is 3. The van der Waals surface area contributed by atoms with E-state index in [0.717, 1.165) is 46.7 Å². The lowest BCUT2D eigenvalue weighted by molar-refractivity contribution is -0.117. The molecule has 1 saturated heterocycles. The number of amides is 2. The fraction of sp³-hybridized carbons (Fsp3) is 0.231. The van der Waals surface area contributed by atoms with Gasteiger partial charge in [-0.25, -0.2) is 0 Å². The molecule has 2 N–H and O–H groups in total. The van der Waals surface area contributed by atoms with E-state index in [1.54, 1.807) is 4.90 Å². The first-order chi connectivity index (χ1) is 15.0. The molecule has 1 heterocycles. The van der Waals surface area contributed by atoms with Gasteiger partial charge in [0.2, 0.25) is 5.91 Å². The molecule has 0 bridgehead atoms. The number of rotatable bonds is 6. The maximum Gasteiger partial charge on any atom is 0.251 e. The van der Waals surface area contributed by atoms with Crippen LogP contribution in [0.2, 0.25) is 0 Å². The van der Waals surface area contributed by atoms with Crippen LogP contribution in [0.3, 0.4) is 0 Å². The minimum absolute atomic E-state index is 0.137. The molecule has 0 unspecified atom stereocenters. The zero-order chi connectivity index (χ0) is 21.8. The van der Waals surface area contributed by atoms with Crippen molar-refractivity contribution in [3.63, 3.8) is 0 Å². The maximum atomic E-state index is 13.3. The van der Waals surface area contributed by atoms with Crippen molar-refractivity contribution in [1.82, 2.24) is 0 Å². The van der Waals surface area contributed by atoms with Crippen LogP contribution in [0.4, 0.5) is 17.1 Å². The van der Waals surface area contributed by atoms with Gasteiger partial charge in [0.25, 0.3) is 5.91 Å². The highest BCUT2D eigenvalue weighted by molar-refractivity contribution is 5.98. The molecule has 2 amide bonds. The van der Waals surface area contributed by atoms with E-state index in [1.807, 2.05) is 86.6 Å². The zero-order valence-corrected chi connectivity index (χ0v) is 17.9. The van der Waals surface area contributed by atoms with E-state index < -0.39 is 6.04 Å². The third-order valence-corrected chi connectivity index (χ3v) is 5.59. The SMILES string of the molecule is Cc1ccc(C)c(NC(=O)[C@H](Nc2cccc(N3CCCC3=O)c2)c2ccccc2)c1. The fourth-order valence-corrected chi connectivity index (χ4v) is 3.87. The van der Waals surface area contributed by atoms with E-state index in [2.05, 4.69) is 10.6 Å². The molecule has 31 heavy (non-hydrogen) atoms. The summed E-state index contributed by atoms with van der Waals surface area (Å²) in [5, 5.41) is 6.46. The predicted octanol–water partition coefficient (Wildman–Crippen LogP) is 5.22. The molecule has 5 nitrogen and oxygen atoms in total. The van der Waals surface area contributed by atoms with Gasteiger partial charge >= 0.3 is 0 Å². The van der Waals surface area contributed by atoms with Gasteiger partial charge in [-0.05, 0) is 61.2 Å². The molecule has 1 aliphatic rings. The Hall–Kier alpha value is -3.60. The van der Waals surface area contributed by atoms with E-state index in [4.69, 9.17) is 0 Å². The summed E-state index contributed by atoms with van der Waals surface area (Å²) >= 11 is 0. The van der Waals surface area contributed by atoms with Crippen LogP contribution < -0.4 is 15.5 Å². The highest BCUT2D eigenvalue weighted by Crippen LogP contribution is 2.28. The topological polar surface area (TPSA) is 61.4 Å². The molecular weight excluding hydrogens is 386 g/mol. The second kappa shape index (κ2) is 9.04. The smallest absolute Gasteiger partial charge is 0.251 e. The first-order valence-corrected chi connectivity index (χ1v) is 10.6. The summed E-state index contributed by atoms with van der Waals surface area (Å²) in [4.78, 5) is 27.3. The number of aryl methyl sites for hydroxylation is 2. The standard InChI is InChI=1S/C26H27N3O2/c1-18-13-14-19(2)23(16-18)28-26(31)25(20-8-4-3-5-9-20)27-21-10-6-11-22(17-21)29-15-7-12-24(29)30/h3-6,8-11,13-14,16-17,25,27H,7,12,15H2,1-2H3,(H,28,31)/t25-/m1/s1. The van der Waals surface area contributed by atoms with E-state index in [0.29, 0.717) is 6.42 Å². The molecule has 3 aromatic carbocycles. The normalized spacial score (nSPS) is 14.4. The summed E-state index contributed by atoms with van der Waals surface area (Å²) in [6.45, 7) is 4.72. The number of anilines is 3. The van der Waals surface area contributed by atoms with Crippen LogP contribution in [-0.4, -0.2) is 18.4 Å². The Labute approximate surface area is 183 Å². The van der Waals surface area contributed by atoms with Gasteiger partial charge in [0.05, 0.1) is 0 Å². The molecule has 158 valence electrons. The maximum absolute atomic E-state index is 13.3. The number of carbonyl (C=O) groups is 2. The van der Waals surface area contributed by atoms with Gasteiger partial charge in [0.1, 0.15) is 6.04 Å². The molecule has 1 aliphatic heterocycles. The Balaban J connectivity index is 1.61. The second-order valence-corrected chi connectivity index (χ2v) is 7.99. The molecule has 4 rings (SSSR count). The number of benzene rings is 3. The molecule has 0 radical (unpaired) electrons. The number of nitrogens with one attached hydrogen (secondary N) is 2. The molecular formula is C26H27N3O2. The van der Waals surface area contributed by atoms with Gasteiger partial charge in [0, 0.05) is 30.0 Å². The molecule has 1 atom stereocenters. The predicted molar refractivity (Wildman–Crippen MR) is 125 cm³/mol. The quantitative estimate of drug-likeness (QED) is 0.582. The number of carbonyl (C=O) groups excluding carboxylic acids is 2. The van der Waals surface area contributed by atoms with Gasteiger partial charge in [-0.3, -0.25) is 9.59 Å². The summed E-state index contributed by atoms with van der Waals surface area (Å²) in [6.07, 6.45) is 1.46. The monoisotopic (exact) mass is 413 g/mol. The highest BCUT2D eigenvalue weighted by Gasteiger charge is 2.24. The van der Waals surface area contributed by atoms with E-state index in [9.17, 15) is 9.59 Å². The molecule has 3 aromatic rings. The summed E-state index contributed by atoms with van der Waals surface area (Å²) in [7, 11) is 0. The van der Waals surface area contributed by atoms with Gasteiger partial charge < -0.3 is 15.5 Å². The first-order valence-electron chi connectivity index (χ1n) is 10.6. The average Bonchev–Trinajstić information content (AvgIpc) is 3.21. The van der Waals surface area contributed by atoms with Crippen LogP contribution in [0.5, 0.6) is 0 Å². The van der Waals surface area contributed by atoms with Crippen LogP contribution >= 0.6 is 0 Å². The van der Waals surface area contributed by atoms with Crippen molar-refractivity contribution in [2.75, 3.05) is 22.1 Å².